The predicted molar refractivity (Wildman–Crippen MR) is 209 cm³/mol. The molecule has 3 nitrogen and oxygen atoms in total. The molecule has 10 rings (SSSR count). The van der Waals surface area contributed by atoms with Crippen LogP contribution < -0.4 is 0 Å². The van der Waals surface area contributed by atoms with Gasteiger partial charge in [-0.3, -0.25) is 0 Å². The molecule has 0 saturated carbocycles. The highest BCUT2D eigenvalue weighted by Gasteiger charge is 2.15. The zero-order valence-electron chi connectivity index (χ0n) is 27.1. The molecular weight excluding hydrogens is 607 g/mol. The lowest BCUT2D eigenvalue weighted by Gasteiger charge is -2.13. The Morgan fingerprint density at radius 2 is 0.720 bits per heavy atom. The van der Waals surface area contributed by atoms with E-state index < -0.39 is 0 Å². The summed E-state index contributed by atoms with van der Waals surface area (Å²) < 4.78 is 0. The average Bonchev–Trinajstić information content (AvgIpc) is 3.20. The molecular formula is C47H29N3. The maximum absolute atomic E-state index is 5.07. The fourth-order valence-corrected chi connectivity index (χ4v) is 7.34. The normalized spacial score (nSPS) is 11.6. The summed E-state index contributed by atoms with van der Waals surface area (Å²) in [5.41, 5.74) is 5.22. The van der Waals surface area contributed by atoms with Gasteiger partial charge in [-0.1, -0.05) is 164 Å². The van der Waals surface area contributed by atoms with Gasteiger partial charge in [0.1, 0.15) is 0 Å². The van der Waals surface area contributed by atoms with Crippen molar-refractivity contribution in [3.8, 4) is 45.3 Å². The summed E-state index contributed by atoms with van der Waals surface area (Å²) >= 11 is 0. The van der Waals surface area contributed by atoms with Crippen molar-refractivity contribution in [3.63, 3.8) is 0 Å². The van der Waals surface area contributed by atoms with Crippen LogP contribution in [-0.2, 0) is 0 Å². The van der Waals surface area contributed by atoms with Crippen molar-refractivity contribution in [3.05, 3.63) is 176 Å². The predicted octanol–water partition coefficient (Wildman–Crippen LogP) is 12.3. The van der Waals surface area contributed by atoms with E-state index in [4.69, 9.17) is 15.0 Å². The lowest BCUT2D eigenvalue weighted by atomic mass is 9.91. The van der Waals surface area contributed by atoms with E-state index in [1.807, 2.05) is 0 Å². The summed E-state index contributed by atoms with van der Waals surface area (Å²) in [6.45, 7) is 0. The molecule has 1 aromatic heterocycles. The van der Waals surface area contributed by atoms with Crippen molar-refractivity contribution in [1.82, 2.24) is 15.0 Å². The van der Waals surface area contributed by atoms with E-state index in [0.717, 1.165) is 33.0 Å². The molecule has 3 heteroatoms. The third kappa shape index (κ3) is 4.79. The van der Waals surface area contributed by atoms with Crippen LogP contribution in [0.1, 0.15) is 0 Å². The highest BCUT2D eigenvalue weighted by molar-refractivity contribution is 6.20. The summed E-state index contributed by atoms with van der Waals surface area (Å²) in [7, 11) is 0. The summed E-state index contributed by atoms with van der Waals surface area (Å²) in [6.07, 6.45) is 0. The van der Waals surface area contributed by atoms with Crippen LogP contribution in [0.5, 0.6) is 0 Å². The largest absolute Gasteiger partial charge is 0.208 e. The Kier molecular flexibility index (Phi) is 6.49. The first-order valence-electron chi connectivity index (χ1n) is 16.9. The lowest BCUT2D eigenvalue weighted by molar-refractivity contribution is 1.08. The van der Waals surface area contributed by atoms with Gasteiger partial charge in [-0.15, -0.1) is 0 Å². The molecule has 10 aromatic rings. The van der Waals surface area contributed by atoms with E-state index in [9.17, 15) is 0 Å². The number of benzene rings is 9. The van der Waals surface area contributed by atoms with Crippen molar-refractivity contribution in [2.75, 3.05) is 0 Å². The summed E-state index contributed by atoms with van der Waals surface area (Å²) in [6, 6.07) is 62.4. The van der Waals surface area contributed by atoms with Crippen LogP contribution in [0, 0.1) is 0 Å². The first-order chi connectivity index (χ1) is 24.7. The molecule has 0 spiro atoms. The van der Waals surface area contributed by atoms with Gasteiger partial charge in [-0.05, 0) is 77.1 Å². The van der Waals surface area contributed by atoms with E-state index in [0.29, 0.717) is 17.5 Å². The number of aromatic nitrogens is 3. The molecule has 0 fully saturated rings. The van der Waals surface area contributed by atoms with E-state index >= 15 is 0 Å². The third-order valence-corrected chi connectivity index (χ3v) is 9.87. The van der Waals surface area contributed by atoms with Gasteiger partial charge < -0.3 is 0 Å². The van der Waals surface area contributed by atoms with E-state index in [-0.39, 0.29) is 0 Å². The minimum atomic E-state index is 0.646. The number of hydrogen-bond donors (Lipinski definition) is 0. The molecule has 1 heterocycles. The second-order valence-electron chi connectivity index (χ2n) is 12.9. The zero-order chi connectivity index (χ0) is 33.0. The maximum Gasteiger partial charge on any atom is 0.164 e. The summed E-state index contributed by atoms with van der Waals surface area (Å²) in [5.74, 6) is 1.95. The minimum Gasteiger partial charge on any atom is -0.208 e. The van der Waals surface area contributed by atoms with E-state index in [1.165, 1.54) is 48.7 Å². The number of nitrogens with zero attached hydrogens (tertiary/aromatic N) is 3. The van der Waals surface area contributed by atoms with Crippen LogP contribution in [0.25, 0.3) is 99.2 Å². The number of hydrogen-bond acceptors (Lipinski definition) is 3. The monoisotopic (exact) mass is 635 g/mol. The quantitative estimate of drug-likeness (QED) is 0.181. The third-order valence-electron chi connectivity index (χ3n) is 9.87. The van der Waals surface area contributed by atoms with Crippen LogP contribution >= 0.6 is 0 Å². The van der Waals surface area contributed by atoms with Gasteiger partial charge >= 0.3 is 0 Å². The first-order valence-corrected chi connectivity index (χ1v) is 16.9. The molecule has 0 N–H and O–H groups in total. The van der Waals surface area contributed by atoms with Gasteiger partial charge in [-0.25, -0.2) is 15.0 Å². The van der Waals surface area contributed by atoms with E-state index in [1.54, 1.807) is 0 Å². The molecule has 50 heavy (non-hydrogen) atoms. The fraction of sp³-hybridized carbons (Fsp3) is 0. The first kappa shape index (κ1) is 28.3. The molecule has 0 saturated heterocycles. The Morgan fingerprint density at radius 1 is 0.260 bits per heavy atom. The standard InChI is InChI=1S/C47H29N3/c1-3-11-36-28-38(22-16-30(36)8-1)46-48-45(49-47(50-46)39-23-17-31-9-2-4-12-37(31)29-39)35-20-18-33(19-21-35)41-15-7-13-34-25-26-42-40-14-6-5-10-32(40)24-27-43(42)44(34)41/h1-29H. The van der Waals surface area contributed by atoms with Crippen LogP contribution in [0.4, 0.5) is 0 Å². The molecule has 0 atom stereocenters. The molecule has 232 valence electrons. The van der Waals surface area contributed by atoms with Crippen LogP contribution in [0.15, 0.2) is 176 Å². The van der Waals surface area contributed by atoms with Gasteiger partial charge in [0, 0.05) is 16.7 Å². The molecule has 0 aliphatic rings. The second kappa shape index (κ2) is 11.5. The van der Waals surface area contributed by atoms with Gasteiger partial charge in [-0.2, -0.15) is 0 Å². The zero-order valence-corrected chi connectivity index (χ0v) is 27.1. The van der Waals surface area contributed by atoms with Crippen molar-refractivity contribution in [2.45, 2.75) is 0 Å². The van der Waals surface area contributed by atoms with Crippen molar-refractivity contribution >= 4 is 53.9 Å². The highest BCUT2D eigenvalue weighted by atomic mass is 15.0. The smallest absolute Gasteiger partial charge is 0.164 e. The van der Waals surface area contributed by atoms with Gasteiger partial charge in [0.15, 0.2) is 17.5 Å². The SMILES string of the molecule is c1ccc2cc(-c3nc(-c4ccc(-c5cccc6ccc7c8ccccc8ccc7c56)cc4)nc(-c4ccc5ccccc5c4)n3)ccc2c1. The summed E-state index contributed by atoms with van der Waals surface area (Å²) in [5, 5.41) is 12.2. The lowest BCUT2D eigenvalue weighted by Crippen LogP contribution is -2.00. The van der Waals surface area contributed by atoms with Crippen molar-refractivity contribution in [2.24, 2.45) is 0 Å². The second-order valence-corrected chi connectivity index (χ2v) is 12.9. The molecule has 0 aliphatic carbocycles. The maximum atomic E-state index is 5.07. The topological polar surface area (TPSA) is 38.7 Å². The van der Waals surface area contributed by atoms with Crippen molar-refractivity contribution < 1.29 is 0 Å². The van der Waals surface area contributed by atoms with Crippen molar-refractivity contribution in [1.29, 1.82) is 0 Å². The molecule has 0 unspecified atom stereocenters. The number of fused-ring (bicyclic) bond motifs is 7. The Labute approximate surface area is 289 Å². The van der Waals surface area contributed by atoms with Crippen LogP contribution in [0.2, 0.25) is 0 Å². The van der Waals surface area contributed by atoms with E-state index in [2.05, 4.69) is 176 Å². The molecule has 9 aromatic carbocycles. The molecule has 0 bridgehead atoms. The Balaban J connectivity index is 1.12. The summed E-state index contributed by atoms with van der Waals surface area (Å²) in [4.78, 5) is 15.2. The molecule has 0 amide bonds. The van der Waals surface area contributed by atoms with Gasteiger partial charge in [0.25, 0.3) is 0 Å². The Morgan fingerprint density at radius 3 is 1.38 bits per heavy atom. The van der Waals surface area contributed by atoms with Gasteiger partial charge in [0.2, 0.25) is 0 Å². The molecule has 0 radical (unpaired) electrons. The van der Waals surface area contributed by atoms with Crippen LogP contribution in [0.3, 0.4) is 0 Å². The molecule has 0 aliphatic heterocycles. The number of rotatable bonds is 4. The Bertz CT molecular complexity index is 2830. The van der Waals surface area contributed by atoms with Gasteiger partial charge in [0.05, 0.1) is 0 Å². The van der Waals surface area contributed by atoms with Crippen LogP contribution in [-0.4, -0.2) is 15.0 Å². The minimum absolute atomic E-state index is 0.646. The highest BCUT2D eigenvalue weighted by Crippen LogP contribution is 2.38. The fourth-order valence-electron chi connectivity index (χ4n) is 7.34. The Hall–Kier alpha value is -6.71. The average molecular weight is 636 g/mol.